The monoisotopic (exact) mass is 776 g/mol. The van der Waals surface area contributed by atoms with E-state index in [-0.39, 0.29) is 18.0 Å². The van der Waals surface area contributed by atoms with Gasteiger partial charge < -0.3 is 19.8 Å². The van der Waals surface area contributed by atoms with E-state index in [1.54, 1.807) is 30.1 Å². The molecule has 0 aliphatic carbocycles. The number of piperidine rings is 1. The maximum Gasteiger partial charge on any atom is 0.217 e. The number of rotatable bonds is 9. The van der Waals surface area contributed by atoms with Crippen molar-refractivity contribution in [2.45, 2.75) is 45.7 Å². The van der Waals surface area contributed by atoms with Crippen LogP contribution < -0.4 is 21.1 Å². The van der Waals surface area contributed by atoms with E-state index in [4.69, 9.17) is 45.6 Å². The molecule has 4 aromatic carbocycles. The van der Waals surface area contributed by atoms with Crippen LogP contribution in [0.5, 0.6) is 0 Å². The van der Waals surface area contributed by atoms with Crippen molar-refractivity contribution in [3.63, 3.8) is 0 Å². The standard InChI is InChI=1S/C42H39Cl3N8O/c1-24-7-5-6-8-32(24)41-42(52(23-48-41)25(2)33-12-10-29(43)20-35(33)45)39-34-13-11-30(44)21-36(34)50-40(39)26(3)53(47)38-19-28(22-46)9-14-37(38)51-17-15-31(16-18-51)49-27(4)54/h5-14,19-21,23,25,31,50H,3,15-18,47H2,1-2,4H3,(H,49,54)/t25-/m0/s1. The van der Waals surface area contributed by atoms with Crippen LogP contribution in [0.2, 0.25) is 15.1 Å². The Labute approximate surface area is 329 Å². The van der Waals surface area contributed by atoms with Crippen molar-refractivity contribution in [3.8, 4) is 28.6 Å². The third kappa shape index (κ3) is 7.06. The summed E-state index contributed by atoms with van der Waals surface area (Å²) in [6.45, 7) is 11.7. The first-order chi connectivity index (χ1) is 25.9. The molecule has 54 heavy (non-hydrogen) atoms. The van der Waals surface area contributed by atoms with E-state index >= 15 is 0 Å². The van der Waals surface area contributed by atoms with Crippen LogP contribution in [0.1, 0.15) is 55.1 Å². The third-order valence-electron chi connectivity index (χ3n) is 10.2. The fraction of sp³-hybridized carbons (Fsp3) is 0.214. The van der Waals surface area contributed by atoms with Gasteiger partial charge in [-0.3, -0.25) is 9.80 Å². The molecule has 274 valence electrons. The van der Waals surface area contributed by atoms with Crippen LogP contribution >= 0.6 is 34.8 Å². The lowest BCUT2D eigenvalue weighted by molar-refractivity contribution is -0.119. The molecule has 1 aliphatic heterocycles. The summed E-state index contributed by atoms with van der Waals surface area (Å²) < 4.78 is 2.12. The van der Waals surface area contributed by atoms with Crippen LogP contribution in [-0.4, -0.2) is 39.6 Å². The number of halogens is 3. The lowest BCUT2D eigenvalue weighted by atomic mass is 9.97. The van der Waals surface area contributed by atoms with E-state index in [9.17, 15) is 10.1 Å². The van der Waals surface area contributed by atoms with Crippen molar-refractivity contribution < 1.29 is 4.79 Å². The van der Waals surface area contributed by atoms with Crippen LogP contribution in [0.4, 0.5) is 11.4 Å². The number of nitriles is 1. The highest BCUT2D eigenvalue weighted by atomic mass is 35.5. The van der Waals surface area contributed by atoms with E-state index in [1.165, 1.54) is 0 Å². The van der Waals surface area contributed by atoms with Gasteiger partial charge in [0.15, 0.2) is 0 Å². The Balaban J connectivity index is 1.41. The highest BCUT2D eigenvalue weighted by Gasteiger charge is 2.30. The molecular formula is C42H39Cl3N8O. The van der Waals surface area contributed by atoms with Crippen molar-refractivity contribution in [3.05, 3.63) is 129 Å². The molecule has 6 aromatic rings. The SMILES string of the molecule is C=C(c1[nH]c2cc(Cl)ccc2c1-c1c(-c2ccccc2C)ncn1[C@@H](C)c1ccc(Cl)cc1Cl)N(N)c1cc(C#N)ccc1N1CCC(NC(C)=O)CC1. The molecule has 1 aliphatic rings. The molecule has 1 amide bonds. The minimum Gasteiger partial charge on any atom is -0.370 e. The second kappa shape index (κ2) is 15.2. The molecule has 2 aromatic heterocycles. The summed E-state index contributed by atoms with van der Waals surface area (Å²) in [6.07, 6.45) is 3.39. The largest absolute Gasteiger partial charge is 0.370 e. The van der Waals surface area contributed by atoms with Crippen LogP contribution in [0, 0.1) is 18.3 Å². The number of aromatic amines is 1. The molecule has 1 atom stereocenters. The van der Waals surface area contributed by atoms with E-state index in [0.717, 1.165) is 63.1 Å². The number of aromatic nitrogens is 3. The Morgan fingerprint density at radius 1 is 1.06 bits per heavy atom. The Bertz CT molecular complexity index is 2450. The molecule has 4 N–H and O–H groups in total. The summed E-state index contributed by atoms with van der Waals surface area (Å²) in [7, 11) is 0. The number of hydrogen-bond donors (Lipinski definition) is 3. The average Bonchev–Trinajstić information content (AvgIpc) is 3.75. The number of H-pyrrole nitrogens is 1. The smallest absolute Gasteiger partial charge is 0.217 e. The number of hydrogen-bond acceptors (Lipinski definition) is 6. The zero-order valence-corrected chi connectivity index (χ0v) is 32.4. The normalized spacial score (nSPS) is 13.9. The number of hydrazine groups is 1. The second-order valence-corrected chi connectivity index (χ2v) is 14.9. The van der Waals surface area contributed by atoms with Crippen molar-refractivity contribution in [2.24, 2.45) is 5.84 Å². The first-order valence-electron chi connectivity index (χ1n) is 17.6. The van der Waals surface area contributed by atoms with Gasteiger partial charge in [0.05, 0.1) is 58.2 Å². The highest BCUT2D eigenvalue weighted by molar-refractivity contribution is 6.35. The van der Waals surface area contributed by atoms with E-state index in [0.29, 0.717) is 50.8 Å². The summed E-state index contributed by atoms with van der Waals surface area (Å²) in [5, 5.41) is 17.1. The van der Waals surface area contributed by atoms with Gasteiger partial charge in [0.1, 0.15) is 0 Å². The quantitative estimate of drug-likeness (QED) is 0.0994. The number of anilines is 2. The van der Waals surface area contributed by atoms with Gasteiger partial charge in [-0.2, -0.15) is 5.26 Å². The number of amides is 1. The highest BCUT2D eigenvalue weighted by Crippen LogP contribution is 2.45. The summed E-state index contributed by atoms with van der Waals surface area (Å²) in [6, 6.07) is 27.0. The van der Waals surface area contributed by atoms with Crippen LogP contribution in [0.3, 0.4) is 0 Å². The number of carbonyl (C=O) groups excluding carboxylic acids is 1. The summed E-state index contributed by atoms with van der Waals surface area (Å²) in [4.78, 5) is 22.6. The van der Waals surface area contributed by atoms with Crippen molar-refractivity contribution in [2.75, 3.05) is 23.0 Å². The Morgan fingerprint density at radius 2 is 1.78 bits per heavy atom. The van der Waals surface area contributed by atoms with Crippen LogP contribution in [0.25, 0.3) is 39.1 Å². The second-order valence-electron chi connectivity index (χ2n) is 13.7. The number of aryl methyl sites for hydroxylation is 1. The lowest BCUT2D eigenvalue weighted by Crippen LogP contribution is -2.44. The molecule has 0 unspecified atom stereocenters. The first kappa shape index (κ1) is 37.1. The van der Waals surface area contributed by atoms with Crippen molar-refractivity contribution in [1.82, 2.24) is 19.9 Å². The third-order valence-corrected chi connectivity index (χ3v) is 11.0. The Morgan fingerprint density at radius 3 is 2.48 bits per heavy atom. The summed E-state index contributed by atoms with van der Waals surface area (Å²) in [5.41, 5.74) is 9.16. The summed E-state index contributed by atoms with van der Waals surface area (Å²) >= 11 is 19.7. The van der Waals surface area contributed by atoms with Gasteiger partial charge in [0.25, 0.3) is 0 Å². The zero-order valence-electron chi connectivity index (χ0n) is 30.1. The van der Waals surface area contributed by atoms with Crippen LogP contribution in [-0.2, 0) is 4.79 Å². The number of fused-ring (bicyclic) bond motifs is 1. The number of benzene rings is 4. The van der Waals surface area contributed by atoms with Crippen molar-refractivity contribution >= 4 is 68.7 Å². The molecule has 7 rings (SSSR count). The number of carbonyl (C=O) groups is 1. The maximum absolute atomic E-state index is 11.7. The topological polar surface area (TPSA) is 119 Å². The first-order valence-corrected chi connectivity index (χ1v) is 18.8. The van der Waals surface area contributed by atoms with Gasteiger partial charge >= 0.3 is 0 Å². The molecule has 0 bridgehead atoms. The van der Waals surface area contributed by atoms with E-state index in [2.05, 4.69) is 58.4 Å². The number of nitrogens with zero attached hydrogens (tertiary/aromatic N) is 5. The van der Waals surface area contributed by atoms with Gasteiger partial charge in [-0.25, -0.2) is 10.8 Å². The summed E-state index contributed by atoms with van der Waals surface area (Å²) in [5.74, 6) is 7.07. The average molecular weight is 778 g/mol. The molecule has 1 saturated heterocycles. The van der Waals surface area contributed by atoms with E-state index in [1.807, 2.05) is 54.9 Å². The maximum atomic E-state index is 11.7. The van der Waals surface area contributed by atoms with Gasteiger partial charge in [-0.05, 0) is 80.3 Å². The Hall–Kier alpha value is -5.24. The number of imidazole rings is 1. The number of nitrogens with one attached hydrogen (secondary N) is 2. The molecule has 0 spiro atoms. The van der Waals surface area contributed by atoms with Crippen LogP contribution in [0.15, 0.2) is 91.8 Å². The Kier molecular flexibility index (Phi) is 10.5. The predicted molar refractivity (Wildman–Crippen MR) is 221 cm³/mol. The minimum atomic E-state index is -0.262. The molecule has 12 heteroatoms. The fourth-order valence-corrected chi connectivity index (χ4v) is 8.17. The predicted octanol–water partition coefficient (Wildman–Crippen LogP) is 9.90. The van der Waals surface area contributed by atoms with Gasteiger partial charge in [-0.1, -0.05) is 77.8 Å². The minimum absolute atomic E-state index is 0.0371. The van der Waals surface area contributed by atoms with Gasteiger partial charge in [-0.15, -0.1) is 0 Å². The molecule has 3 heterocycles. The van der Waals surface area contributed by atoms with E-state index < -0.39 is 0 Å². The molecule has 0 radical (unpaired) electrons. The van der Waals surface area contributed by atoms with Gasteiger partial charge in [0, 0.05) is 63.2 Å². The molecular weight excluding hydrogens is 739 g/mol. The molecule has 9 nitrogen and oxygen atoms in total. The van der Waals surface area contributed by atoms with Crippen molar-refractivity contribution in [1.29, 1.82) is 5.26 Å². The lowest BCUT2D eigenvalue weighted by Gasteiger charge is -2.36. The number of nitrogens with two attached hydrogens (primary N) is 1. The molecule has 1 fully saturated rings. The zero-order chi connectivity index (χ0) is 38.3. The van der Waals surface area contributed by atoms with Gasteiger partial charge in [0.2, 0.25) is 5.91 Å². The molecule has 0 saturated carbocycles. The fourth-order valence-electron chi connectivity index (χ4n) is 7.43.